The highest BCUT2D eigenvalue weighted by atomic mass is 16.3. The van der Waals surface area contributed by atoms with Crippen LogP contribution in [0.3, 0.4) is 0 Å². The van der Waals surface area contributed by atoms with Crippen LogP contribution in [0.25, 0.3) is 0 Å². The Morgan fingerprint density at radius 1 is 1.40 bits per heavy atom. The van der Waals surface area contributed by atoms with Gasteiger partial charge in [0, 0.05) is 6.54 Å². The molecule has 0 bridgehead atoms. The quantitative estimate of drug-likeness (QED) is 0.698. The Kier molecular flexibility index (Phi) is 4.90. The highest BCUT2D eigenvalue weighted by Gasteiger charge is 2.08. The molecule has 15 heavy (non-hydrogen) atoms. The van der Waals surface area contributed by atoms with Crippen molar-refractivity contribution in [1.29, 1.82) is 0 Å². The first kappa shape index (κ1) is 11.8. The van der Waals surface area contributed by atoms with Crippen LogP contribution >= 0.6 is 0 Å². The van der Waals surface area contributed by atoms with Crippen LogP contribution in [0.5, 0.6) is 0 Å². The van der Waals surface area contributed by atoms with Crippen molar-refractivity contribution in [3.05, 3.63) is 23.7 Å². The van der Waals surface area contributed by atoms with Crippen LogP contribution in [0.4, 0.5) is 0 Å². The zero-order chi connectivity index (χ0) is 11.1. The highest BCUT2D eigenvalue weighted by molar-refractivity contribution is 5.91. The second kappa shape index (κ2) is 6.24. The molecule has 0 radical (unpaired) electrons. The molecule has 0 saturated carbocycles. The van der Waals surface area contributed by atoms with E-state index in [1.807, 2.05) is 6.92 Å². The first-order valence-corrected chi connectivity index (χ1v) is 5.28. The molecule has 0 saturated heterocycles. The molecule has 3 N–H and O–H groups in total. The largest absolute Gasteiger partial charge is 0.456 e. The van der Waals surface area contributed by atoms with E-state index in [1.165, 1.54) is 0 Å². The Hall–Kier alpha value is -1.29. The van der Waals surface area contributed by atoms with Gasteiger partial charge in [-0.1, -0.05) is 6.42 Å². The third kappa shape index (κ3) is 4.16. The standard InChI is InChI=1S/C11H18N2O2/c1-9-5-6-10(15-9)11(14)13-8-4-2-3-7-12/h5-6H,2-4,7-8,12H2,1H3,(H,13,14). The van der Waals surface area contributed by atoms with Crippen LogP contribution in [-0.4, -0.2) is 19.0 Å². The third-order valence-electron chi connectivity index (χ3n) is 2.13. The third-order valence-corrected chi connectivity index (χ3v) is 2.13. The van der Waals surface area contributed by atoms with Gasteiger partial charge in [0.2, 0.25) is 0 Å². The number of nitrogens with one attached hydrogen (secondary N) is 1. The SMILES string of the molecule is Cc1ccc(C(=O)NCCCCCN)o1. The summed E-state index contributed by atoms with van der Waals surface area (Å²) in [5.41, 5.74) is 5.36. The summed E-state index contributed by atoms with van der Waals surface area (Å²) in [6, 6.07) is 3.47. The van der Waals surface area contributed by atoms with Crippen molar-refractivity contribution in [3.8, 4) is 0 Å². The van der Waals surface area contributed by atoms with Gasteiger partial charge in [0.05, 0.1) is 0 Å². The molecule has 1 amide bonds. The molecule has 0 spiro atoms. The Morgan fingerprint density at radius 2 is 2.20 bits per heavy atom. The van der Waals surface area contributed by atoms with E-state index >= 15 is 0 Å². The number of carbonyl (C=O) groups is 1. The zero-order valence-electron chi connectivity index (χ0n) is 9.08. The van der Waals surface area contributed by atoms with Gasteiger partial charge in [0.15, 0.2) is 5.76 Å². The predicted octanol–water partition coefficient (Wildman–Crippen LogP) is 1.45. The normalized spacial score (nSPS) is 10.3. The van der Waals surface area contributed by atoms with Crippen molar-refractivity contribution in [1.82, 2.24) is 5.32 Å². The topological polar surface area (TPSA) is 68.3 Å². The maximum atomic E-state index is 11.5. The van der Waals surface area contributed by atoms with Crippen molar-refractivity contribution >= 4 is 5.91 Å². The monoisotopic (exact) mass is 210 g/mol. The van der Waals surface area contributed by atoms with Gasteiger partial charge in [-0.2, -0.15) is 0 Å². The van der Waals surface area contributed by atoms with Crippen molar-refractivity contribution in [3.63, 3.8) is 0 Å². The van der Waals surface area contributed by atoms with Crippen molar-refractivity contribution in [2.24, 2.45) is 5.73 Å². The molecule has 0 aliphatic rings. The first-order valence-electron chi connectivity index (χ1n) is 5.28. The number of aryl methyl sites for hydroxylation is 1. The molecular weight excluding hydrogens is 192 g/mol. The lowest BCUT2D eigenvalue weighted by Gasteiger charge is -2.02. The average molecular weight is 210 g/mol. The molecule has 0 atom stereocenters. The first-order chi connectivity index (χ1) is 7.24. The maximum Gasteiger partial charge on any atom is 0.286 e. The number of hydrogen-bond donors (Lipinski definition) is 2. The van der Waals surface area contributed by atoms with Gasteiger partial charge in [-0.25, -0.2) is 0 Å². The van der Waals surface area contributed by atoms with E-state index in [9.17, 15) is 4.79 Å². The molecule has 0 aliphatic heterocycles. The summed E-state index contributed by atoms with van der Waals surface area (Å²) in [7, 11) is 0. The lowest BCUT2D eigenvalue weighted by Crippen LogP contribution is -2.24. The summed E-state index contributed by atoms with van der Waals surface area (Å²) < 4.78 is 5.19. The molecule has 84 valence electrons. The molecule has 0 fully saturated rings. The van der Waals surface area contributed by atoms with Gasteiger partial charge in [-0.3, -0.25) is 4.79 Å². The molecule has 4 heteroatoms. The van der Waals surface area contributed by atoms with E-state index in [-0.39, 0.29) is 5.91 Å². The molecule has 1 aromatic rings. The Balaban J connectivity index is 2.19. The van der Waals surface area contributed by atoms with Gasteiger partial charge in [0.25, 0.3) is 5.91 Å². The number of nitrogens with two attached hydrogens (primary N) is 1. The summed E-state index contributed by atoms with van der Waals surface area (Å²) in [5.74, 6) is 0.991. The van der Waals surface area contributed by atoms with Crippen LogP contribution in [0.15, 0.2) is 16.5 Å². The van der Waals surface area contributed by atoms with E-state index in [2.05, 4.69) is 5.32 Å². The average Bonchev–Trinajstić information content (AvgIpc) is 2.64. The lowest BCUT2D eigenvalue weighted by molar-refractivity contribution is 0.0924. The predicted molar refractivity (Wildman–Crippen MR) is 58.7 cm³/mol. The van der Waals surface area contributed by atoms with Crippen molar-refractivity contribution in [2.75, 3.05) is 13.1 Å². The number of furan rings is 1. The van der Waals surface area contributed by atoms with Crippen LogP contribution in [-0.2, 0) is 0 Å². The summed E-state index contributed by atoms with van der Waals surface area (Å²) in [5, 5.41) is 2.80. The number of amides is 1. The number of carbonyl (C=O) groups excluding carboxylic acids is 1. The molecule has 4 nitrogen and oxygen atoms in total. The number of rotatable bonds is 6. The summed E-state index contributed by atoms with van der Waals surface area (Å²) in [6.45, 7) is 3.21. The van der Waals surface area contributed by atoms with Gasteiger partial charge in [-0.05, 0) is 38.4 Å². The van der Waals surface area contributed by atoms with E-state index in [0.29, 0.717) is 18.8 Å². The van der Waals surface area contributed by atoms with Crippen LogP contribution in [0.2, 0.25) is 0 Å². The molecule has 1 rings (SSSR count). The lowest BCUT2D eigenvalue weighted by atomic mass is 10.2. The maximum absolute atomic E-state index is 11.5. The zero-order valence-corrected chi connectivity index (χ0v) is 9.08. The summed E-state index contributed by atoms with van der Waals surface area (Å²) >= 11 is 0. The fourth-order valence-corrected chi connectivity index (χ4v) is 1.29. The smallest absolute Gasteiger partial charge is 0.286 e. The summed E-state index contributed by atoms with van der Waals surface area (Å²) in [6.07, 6.45) is 3.02. The van der Waals surface area contributed by atoms with Crippen LogP contribution in [0, 0.1) is 6.92 Å². The van der Waals surface area contributed by atoms with Crippen molar-refractivity contribution in [2.45, 2.75) is 26.2 Å². The molecular formula is C11H18N2O2. The second-order valence-electron chi connectivity index (χ2n) is 3.52. The van der Waals surface area contributed by atoms with Gasteiger partial charge in [-0.15, -0.1) is 0 Å². The Morgan fingerprint density at radius 3 is 2.80 bits per heavy atom. The molecule has 0 aliphatic carbocycles. The molecule has 1 aromatic heterocycles. The minimum Gasteiger partial charge on any atom is -0.456 e. The highest BCUT2D eigenvalue weighted by Crippen LogP contribution is 2.05. The van der Waals surface area contributed by atoms with E-state index < -0.39 is 0 Å². The van der Waals surface area contributed by atoms with Crippen LogP contribution < -0.4 is 11.1 Å². The second-order valence-corrected chi connectivity index (χ2v) is 3.52. The van der Waals surface area contributed by atoms with Crippen LogP contribution in [0.1, 0.15) is 35.6 Å². The summed E-state index contributed by atoms with van der Waals surface area (Å²) in [4.78, 5) is 11.5. The Labute approximate surface area is 89.8 Å². The molecule has 0 aromatic carbocycles. The molecule has 1 heterocycles. The Bertz CT molecular complexity index is 307. The fourth-order valence-electron chi connectivity index (χ4n) is 1.29. The minimum absolute atomic E-state index is 0.143. The minimum atomic E-state index is -0.143. The van der Waals surface area contributed by atoms with E-state index in [1.54, 1.807) is 12.1 Å². The van der Waals surface area contributed by atoms with E-state index in [0.717, 1.165) is 25.0 Å². The number of unbranched alkanes of at least 4 members (excludes halogenated alkanes) is 2. The number of hydrogen-bond acceptors (Lipinski definition) is 3. The fraction of sp³-hybridized carbons (Fsp3) is 0.545. The van der Waals surface area contributed by atoms with E-state index in [4.69, 9.17) is 10.2 Å². The van der Waals surface area contributed by atoms with Gasteiger partial charge in [0.1, 0.15) is 5.76 Å². The van der Waals surface area contributed by atoms with Gasteiger partial charge >= 0.3 is 0 Å². The van der Waals surface area contributed by atoms with Crippen molar-refractivity contribution < 1.29 is 9.21 Å². The molecule has 0 unspecified atom stereocenters. The van der Waals surface area contributed by atoms with Gasteiger partial charge < -0.3 is 15.5 Å².